The van der Waals surface area contributed by atoms with Crippen LogP contribution in [0.4, 0.5) is 5.69 Å². The Balaban J connectivity index is 1.71. The molecule has 0 radical (unpaired) electrons. The molecular weight excluding hydrogens is 486 g/mol. The predicted octanol–water partition coefficient (Wildman–Crippen LogP) is 3.11. The van der Waals surface area contributed by atoms with Crippen molar-refractivity contribution in [2.75, 3.05) is 25.1 Å². The summed E-state index contributed by atoms with van der Waals surface area (Å²) < 4.78 is 12.3. The molecule has 0 aromatic heterocycles. The molecule has 210 valence electrons. The molecule has 4 rings (SSSR count). The highest BCUT2D eigenvalue weighted by molar-refractivity contribution is 6.02. The lowest BCUT2D eigenvalue weighted by Gasteiger charge is -2.38. The number of unbranched alkanes of at least 4 members (excludes halogenated alkanes) is 1. The number of carbonyl (C=O) groups is 3. The zero-order valence-corrected chi connectivity index (χ0v) is 23.3. The average molecular weight is 530 g/mol. The van der Waals surface area contributed by atoms with Crippen LogP contribution in [0, 0.1) is 17.8 Å². The molecule has 0 aliphatic carbocycles. The number of aliphatic hydroxyl groups excluding tert-OH is 1. The van der Waals surface area contributed by atoms with Crippen molar-refractivity contribution in [1.29, 1.82) is 0 Å². The third-order valence-electron chi connectivity index (χ3n) is 8.73. The molecule has 6 atom stereocenters. The van der Waals surface area contributed by atoms with Crippen molar-refractivity contribution < 1.29 is 29.0 Å². The summed E-state index contributed by atoms with van der Waals surface area (Å²) in [7, 11) is 0. The first-order valence-electron chi connectivity index (χ1n) is 14.1. The van der Waals surface area contributed by atoms with Gasteiger partial charge in [-0.3, -0.25) is 14.4 Å². The first-order chi connectivity index (χ1) is 18.2. The van der Waals surface area contributed by atoms with Gasteiger partial charge in [-0.2, -0.15) is 0 Å². The molecule has 3 amide bonds. The Morgan fingerprint density at radius 1 is 1.16 bits per heavy atom. The third-order valence-corrected chi connectivity index (χ3v) is 8.73. The smallest absolute Gasteiger partial charge is 0.245 e. The number of carbonyl (C=O) groups excluding carboxylic acids is 3. The van der Waals surface area contributed by atoms with E-state index in [4.69, 9.17) is 9.47 Å². The van der Waals surface area contributed by atoms with Gasteiger partial charge in [-0.25, -0.2) is 0 Å². The minimum atomic E-state index is -1.10. The number of likely N-dealkylation sites (tertiary alicyclic amines) is 1. The van der Waals surface area contributed by atoms with E-state index in [9.17, 15) is 19.5 Å². The van der Waals surface area contributed by atoms with Crippen LogP contribution in [-0.4, -0.2) is 70.8 Å². The highest BCUT2D eigenvalue weighted by Gasteiger charge is 2.79. The van der Waals surface area contributed by atoms with E-state index in [1.54, 1.807) is 29.2 Å². The standard InChI is InChI=1S/C29H43N3O6/c1-6-9-16-30-26(35)24-29-15-14-28(7-2,38-29)22(23(29)27(36)32(24)21(17-33)18(4)5)25(34)31-19-10-12-20(13-11-19)37-8-3/h10-13,18,21-24,33H,6-9,14-17H2,1-5H3,(H,30,35)(H,31,34)/t21-,22+,23-,24?,28-,29?/m0/s1. The van der Waals surface area contributed by atoms with Crippen LogP contribution in [0.5, 0.6) is 5.75 Å². The Hall–Kier alpha value is -2.65. The second kappa shape index (κ2) is 11.2. The van der Waals surface area contributed by atoms with Gasteiger partial charge in [-0.1, -0.05) is 34.1 Å². The molecule has 1 spiro atoms. The van der Waals surface area contributed by atoms with Gasteiger partial charge in [0.25, 0.3) is 0 Å². The normalized spacial score (nSPS) is 30.4. The number of hydrogen-bond donors (Lipinski definition) is 3. The first-order valence-corrected chi connectivity index (χ1v) is 14.1. The molecule has 3 N–H and O–H groups in total. The van der Waals surface area contributed by atoms with Crippen LogP contribution in [0.1, 0.15) is 66.7 Å². The number of aliphatic hydroxyl groups is 1. The summed E-state index contributed by atoms with van der Waals surface area (Å²) in [5, 5.41) is 16.3. The lowest BCUT2D eigenvalue weighted by Crippen LogP contribution is -2.59. The number of nitrogens with zero attached hydrogens (tertiary/aromatic N) is 1. The van der Waals surface area contributed by atoms with Gasteiger partial charge >= 0.3 is 0 Å². The first kappa shape index (κ1) is 28.4. The van der Waals surface area contributed by atoms with Crippen molar-refractivity contribution >= 4 is 23.4 Å². The van der Waals surface area contributed by atoms with Crippen molar-refractivity contribution in [2.45, 2.75) is 90.0 Å². The van der Waals surface area contributed by atoms with Crippen LogP contribution in [0.2, 0.25) is 0 Å². The van der Waals surface area contributed by atoms with Crippen LogP contribution in [0.3, 0.4) is 0 Å². The summed E-state index contributed by atoms with van der Waals surface area (Å²) in [6, 6.07) is 5.69. The molecule has 3 heterocycles. The zero-order chi connectivity index (χ0) is 27.7. The van der Waals surface area contributed by atoms with Gasteiger partial charge in [-0.15, -0.1) is 0 Å². The minimum absolute atomic E-state index is 0.0846. The number of amides is 3. The van der Waals surface area contributed by atoms with Crippen molar-refractivity contribution in [1.82, 2.24) is 10.2 Å². The topological polar surface area (TPSA) is 117 Å². The van der Waals surface area contributed by atoms with Crippen LogP contribution in [0.25, 0.3) is 0 Å². The van der Waals surface area contributed by atoms with E-state index in [-0.39, 0.29) is 30.2 Å². The maximum atomic E-state index is 14.2. The molecule has 1 aromatic carbocycles. The molecule has 0 saturated carbocycles. The fraction of sp³-hybridized carbons (Fsp3) is 0.690. The highest BCUT2D eigenvalue weighted by atomic mass is 16.5. The maximum Gasteiger partial charge on any atom is 0.245 e. The van der Waals surface area contributed by atoms with Crippen LogP contribution in [0.15, 0.2) is 24.3 Å². The number of fused-ring (bicyclic) bond motifs is 1. The summed E-state index contributed by atoms with van der Waals surface area (Å²) in [4.78, 5) is 43.4. The number of benzene rings is 1. The van der Waals surface area contributed by atoms with Gasteiger partial charge in [0.2, 0.25) is 17.7 Å². The fourth-order valence-corrected chi connectivity index (χ4v) is 6.84. The van der Waals surface area contributed by atoms with Crippen molar-refractivity contribution in [2.24, 2.45) is 17.8 Å². The van der Waals surface area contributed by atoms with E-state index >= 15 is 0 Å². The van der Waals surface area contributed by atoms with Gasteiger partial charge in [-0.05, 0) is 62.8 Å². The molecule has 3 aliphatic heterocycles. The Bertz CT molecular complexity index is 1030. The van der Waals surface area contributed by atoms with Gasteiger partial charge < -0.3 is 30.1 Å². The molecule has 1 aromatic rings. The lowest BCUT2D eigenvalue weighted by molar-refractivity contribution is -0.151. The van der Waals surface area contributed by atoms with E-state index < -0.39 is 35.1 Å². The van der Waals surface area contributed by atoms with Crippen molar-refractivity contribution in [3.63, 3.8) is 0 Å². The van der Waals surface area contributed by atoms with Crippen LogP contribution in [-0.2, 0) is 19.1 Å². The second-order valence-electron chi connectivity index (χ2n) is 11.2. The van der Waals surface area contributed by atoms with E-state index in [1.807, 2.05) is 34.6 Å². The molecule has 9 heteroatoms. The van der Waals surface area contributed by atoms with Gasteiger partial charge in [0, 0.05) is 12.2 Å². The monoisotopic (exact) mass is 529 g/mol. The quantitative estimate of drug-likeness (QED) is 0.358. The Labute approximate surface area is 225 Å². The molecule has 3 fully saturated rings. The Kier molecular flexibility index (Phi) is 8.37. The van der Waals surface area contributed by atoms with Crippen LogP contribution < -0.4 is 15.4 Å². The third kappa shape index (κ3) is 4.57. The Morgan fingerprint density at radius 3 is 2.45 bits per heavy atom. The number of anilines is 1. The largest absolute Gasteiger partial charge is 0.494 e. The van der Waals surface area contributed by atoms with Gasteiger partial charge in [0.15, 0.2) is 0 Å². The second-order valence-corrected chi connectivity index (χ2v) is 11.2. The minimum Gasteiger partial charge on any atom is -0.494 e. The average Bonchev–Trinajstić information content (AvgIpc) is 3.50. The molecule has 9 nitrogen and oxygen atoms in total. The van der Waals surface area contributed by atoms with Crippen molar-refractivity contribution in [3.8, 4) is 5.75 Å². The summed E-state index contributed by atoms with van der Waals surface area (Å²) in [5.41, 5.74) is -1.32. The van der Waals surface area contributed by atoms with E-state index in [0.717, 1.165) is 12.8 Å². The lowest BCUT2D eigenvalue weighted by atomic mass is 9.65. The van der Waals surface area contributed by atoms with Crippen molar-refractivity contribution in [3.05, 3.63) is 24.3 Å². The maximum absolute atomic E-state index is 14.2. The molecular formula is C29H43N3O6. The molecule has 2 bridgehead atoms. The van der Waals surface area contributed by atoms with E-state index in [1.165, 1.54) is 0 Å². The van der Waals surface area contributed by atoms with E-state index in [0.29, 0.717) is 43.9 Å². The van der Waals surface area contributed by atoms with Gasteiger partial charge in [0.05, 0.1) is 36.7 Å². The van der Waals surface area contributed by atoms with E-state index in [2.05, 4.69) is 10.6 Å². The van der Waals surface area contributed by atoms with Gasteiger partial charge in [0.1, 0.15) is 17.4 Å². The molecule has 3 aliphatic rings. The number of rotatable bonds is 12. The molecule has 38 heavy (non-hydrogen) atoms. The number of ether oxygens (including phenoxy) is 2. The Morgan fingerprint density at radius 2 is 1.87 bits per heavy atom. The van der Waals surface area contributed by atoms with Crippen LogP contribution >= 0.6 is 0 Å². The zero-order valence-electron chi connectivity index (χ0n) is 23.3. The summed E-state index contributed by atoms with van der Waals surface area (Å²) in [5.74, 6) is -1.76. The number of nitrogens with one attached hydrogen (secondary N) is 2. The fourth-order valence-electron chi connectivity index (χ4n) is 6.84. The SMILES string of the molecule is CCCCNC(=O)C1N([C@@H](CO)C(C)C)C(=O)[C@@H]2[C@H](C(=O)Nc3ccc(OCC)cc3)[C@]3(CC)CCC12O3. The summed E-state index contributed by atoms with van der Waals surface area (Å²) in [6.07, 6.45) is 3.41. The summed E-state index contributed by atoms with van der Waals surface area (Å²) >= 11 is 0. The molecule has 2 unspecified atom stereocenters. The predicted molar refractivity (Wildman–Crippen MR) is 144 cm³/mol. The summed E-state index contributed by atoms with van der Waals surface area (Å²) in [6.45, 7) is 10.6. The highest BCUT2D eigenvalue weighted by Crippen LogP contribution is 2.64. The number of hydrogen-bond acceptors (Lipinski definition) is 6. The molecule has 3 saturated heterocycles.